The summed E-state index contributed by atoms with van der Waals surface area (Å²) < 4.78 is 5.16. The van der Waals surface area contributed by atoms with Crippen LogP contribution in [0.15, 0.2) is 36.5 Å². The van der Waals surface area contributed by atoms with Gasteiger partial charge in [-0.1, -0.05) is 26.0 Å². The molecule has 23 heavy (non-hydrogen) atoms. The van der Waals surface area contributed by atoms with Crippen molar-refractivity contribution in [3.8, 4) is 5.75 Å². The maximum Gasteiger partial charge on any atom is 0.224 e. The zero-order chi connectivity index (χ0) is 16.5. The molecule has 2 aromatic rings. The lowest BCUT2D eigenvalue weighted by atomic mass is 10.1. The van der Waals surface area contributed by atoms with Gasteiger partial charge in [-0.05, 0) is 42.5 Å². The predicted octanol–water partition coefficient (Wildman–Crippen LogP) is 3.60. The van der Waals surface area contributed by atoms with Crippen LogP contribution in [-0.4, -0.2) is 30.2 Å². The lowest BCUT2D eigenvalue weighted by Crippen LogP contribution is -2.10. The van der Waals surface area contributed by atoms with Crippen LogP contribution >= 0.6 is 0 Å². The molecule has 0 aliphatic rings. The van der Waals surface area contributed by atoms with E-state index >= 15 is 0 Å². The van der Waals surface area contributed by atoms with Crippen LogP contribution in [0.5, 0.6) is 5.75 Å². The first-order valence-corrected chi connectivity index (χ1v) is 8.11. The van der Waals surface area contributed by atoms with Crippen LogP contribution in [0.2, 0.25) is 0 Å². The fraction of sp³-hybridized carbons (Fsp3) is 0.444. The summed E-state index contributed by atoms with van der Waals surface area (Å²) in [6.45, 7) is 6.16. The average molecular weight is 314 g/mol. The molecular formula is C18H26N4O. The summed E-state index contributed by atoms with van der Waals surface area (Å²) in [5, 5.41) is 6.60. The summed E-state index contributed by atoms with van der Waals surface area (Å²) in [6, 6.07) is 10.0. The number of hydrogen-bond donors (Lipinski definition) is 2. The minimum Gasteiger partial charge on any atom is -0.497 e. The first-order valence-electron chi connectivity index (χ1n) is 8.11. The van der Waals surface area contributed by atoms with Crippen LogP contribution in [0.4, 0.5) is 11.8 Å². The van der Waals surface area contributed by atoms with E-state index in [9.17, 15) is 0 Å². The van der Waals surface area contributed by atoms with Gasteiger partial charge in [0, 0.05) is 19.3 Å². The fourth-order valence-electron chi connectivity index (χ4n) is 2.14. The van der Waals surface area contributed by atoms with Gasteiger partial charge in [0.2, 0.25) is 5.95 Å². The average Bonchev–Trinajstić information content (AvgIpc) is 2.56. The third-order valence-electron chi connectivity index (χ3n) is 3.54. The van der Waals surface area contributed by atoms with Gasteiger partial charge in [0.15, 0.2) is 0 Å². The van der Waals surface area contributed by atoms with Crippen molar-refractivity contribution in [2.45, 2.75) is 26.7 Å². The zero-order valence-electron chi connectivity index (χ0n) is 14.2. The fourth-order valence-corrected chi connectivity index (χ4v) is 2.14. The van der Waals surface area contributed by atoms with Crippen molar-refractivity contribution in [2.75, 3.05) is 30.8 Å². The molecule has 0 fully saturated rings. The van der Waals surface area contributed by atoms with Crippen LogP contribution in [0.3, 0.4) is 0 Å². The molecule has 0 saturated heterocycles. The molecule has 1 aromatic carbocycles. The van der Waals surface area contributed by atoms with Crippen LogP contribution < -0.4 is 15.4 Å². The maximum absolute atomic E-state index is 5.16. The SMILES string of the molecule is COc1ccc(CCNc2nccc(NCCC(C)C)n2)cc1. The van der Waals surface area contributed by atoms with Crippen molar-refractivity contribution < 1.29 is 4.74 Å². The molecule has 2 rings (SSSR count). The Bertz CT molecular complexity index is 584. The van der Waals surface area contributed by atoms with Gasteiger partial charge in [0.1, 0.15) is 11.6 Å². The Labute approximate surface area is 138 Å². The van der Waals surface area contributed by atoms with Gasteiger partial charge >= 0.3 is 0 Å². The number of methoxy groups -OCH3 is 1. The van der Waals surface area contributed by atoms with Gasteiger partial charge in [0.05, 0.1) is 7.11 Å². The van der Waals surface area contributed by atoms with E-state index in [1.54, 1.807) is 13.3 Å². The van der Waals surface area contributed by atoms with Crippen LogP contribution in [0, 0.1) is 5.92 Å². The van der Waals surface area contributed by atoms with Crippen LogP contribution in [0.25, 0.3) is 0 Å². The molecule has 0 amide bonds. The Kier molecular flexibility index (Phi) is 6.66. The number of nitrogens with zero attached hydrogens (tertiary/aromatic N) is 2. The number of aromatic nitrogens is 2. The number of benzene rings is 1. The molecule has 0 unspecified atom stereocenters. The van der Waals surface area contributed by atoms with Crippen molar-refractivity contribution in [3.05, 3.63) is 42.1 Å². The van der Waals surface area contributed by atoms with Gasteiger partial charge < -0.3 is 15.4 Å². The number of hydrogen-bond acceptors (Lipinski definition) is 5. The third kappa shape index (κ3) is 6.14. The Morgan fingerprint density at radius 2 is 1.83 bits per heavy atom. The van der Waals surface area contributed by atoms with E-state index in [0.29, 0.717) is 11.9 Å². The lowest BCUT2D eigenvalue weighted by molar-refractivity contribution is 0.414. The molecule has 5 heteroatoms. The number of rotatable bonds is 9. The number of anilines is 2. The summed E-state index contributed by atoms with van der Waals surface area (Å²) in [4.78, 5) is 8.73. The Balaban J connectivity index is 1.78. The smallest absolute Gasteiger partial charge is 0.224 e. The summed E-state index contributed by atoms with van der Waals surface area (Å²) in [5.74, 6) is 3.09. The van der Waals surface area contributed by atoms with Gasteiger partial charge in [-0.25, -0.2) is 4.98 Å². The second-order valence-corrected chi connectivity index (χ2v) is 5.90. The first kappa shape index (κ1) is 17.1. The second kappa shape index (κ2) is 8.98. The predicted molar refractivity (Wildman–Crippen MR) is 95.2 cm³/mol. The van der Waals surface area contributed by atoms with Crippen molar-refractivity contribution in [1.29, 1.82) is 0 Å². The number of nitrogens with one attached hydrogen (secondary N) is 2. The van der Waals surface area contributed by atoms with Crippen molar-refractivity contribution >= 4 is 11.8 Å². The quantitative estimate of drug-likeness (QED) is 0.740. The molecule has 2 N–H and O–H groups in total. The third-order valence-corrected chi connectivity index (χ3v) is 3.54. The van der Waals surface area contributed by atoms with E-state index in [0.717, 1.165) is 37.5 Å². The Morgan fingerprint density at radius 1 is 1.04 bits per heavy atom. The topological polar surface area (TPSA) is 59.1 Å². The zero-order valence-corrected chi connectivity index (χ0v) is 14.2. The van der Waals surface area contributed by atoms with Gasteiger partial charge in [-0.15, -0.1) is 0 Å². The minimum absolute atomic E-state index is 0.660. The van der Waals surface area contributed by atoms with Crippen molar-refractivity contribution in [3.63, 3.8) is 0 Å². The minimum atomic E-state index is 0.660. The summed E-state index contributed by atoms with van der Waals surface area (Å²) in [5.41, 5.74) is 1.25. The van der Waals surface area contributed by atoms with Gasteiger partial charge in [0.25, 0.3) is 0 Å². The molecule has 0 atom stereocenters. The lowest BCUT2D eigenvalue weighted by Gasteiger charge is -2.09. The van der Waals surface area contributed by atoms with E-state index < -0.39 is 0 Å². The van der Waals surface area contributed by atoms with E-state index in [2.05, 4.69) is 46.6 Å². The van der Waals surface area contributed by atoms with Gasteiger partial charge in [-0.3, -0.25) is 0 Å². The van der Waals surface area contributed by atoms with E-state index in [1.807, 2.05) is 18.2 Å². The molecule has 0 radical (unpaired) electrons. The highest BCUT2D eigenvalue weighted by atomic mass is 16.5. The van der Waals surface area contributed by atoms with E-state index in [-0.39, 0.29) is 0 Å². The molecule has 0 spiro atoms. The largest absolute Gasteiger partial charge is 0.497 e. The highest BCUT2D eigenvalue weighted by Crippen LogP contribution is 2.12. The highest BCUT2D eigenvalue weighted by molar-refractivity contribution is 5.39. The van der Waals surface area contributed by atoms with Crippen LogP contribution in [-0.2, 0) is 6.42 Å². The second-order valence-electron chi connectivity index (χ2n) is 5.90. The van der Waals surface area contributed by atoms with Crippen molar-refractivity contribution in [1.82, 2.24) is 9.97 Å². The van der Waals surface area contributed by atoms with Crippen LogP contribution in [0.1, 0.15) is 25.8 Å². The maximum atomic E-state index is 5.16. The molecule has 124 valence electrons. The summed E-state index contributed by atoms with van der Waals surface area (Å²) in [6.07, 6.45) is 3.82. The molecule has 5 nitrogen and oxygen atoms in total. The molecule has 0 saturated carbocycles. The molecule has 0 bridgehead atoms. The van der Waals surface area contributed by atoms with E-state index in [1.165, 1.54) is 5.56 Å². The summed E-state index contributed by atoms with van der Waals surface area (Å²) in [7, 11) is 1.68. The van der Waals surface area contributed by atoms with Crippen molar-refractivity contribution in [2.24, 2.45) is 5.92 Å². The molecule has 1 aromatic heterocycles. The first-order chi connectivity index (χ1) is 11.2. The Morgan fingerprint density at radius 3 is 2.52 bits per heavy atom. The van der Waals surface area contributed by atoms with Gasteiger partial charge in [-0.2, -0.15) is 4.98 Å². The summed E-state index contributed by atoms with van der Waals surface area (Å²) >= 11 is 0. The monoisotopic (exact) mass is 314 g/mol. The van der Waals surface area contributed by atoms with E-state index in [4.69, 9.17) is 4.74 Å². The highest BCUT2D eigenvalue weighted by Gasteiger charge is 2.00. The molecule has 0 aliphatic carbocycles. The number of ether oxygens (including phenoxy) is 1. The molecule has 1 heterocycles. The normalized spacial score (nSPS) is 10.6. The Hall–Kier alpha value is -2.30. The standard InChI is InChI=1S/C18H26N4O/c1-14(2)8-11-19-17-10-13-21-18(22-17)20-12-9-15-4-6-16(23-3)7-5-15/h4-7,10,13-14H,8-9,11-12H2,1-3H3,(H2,19,20,21,22). The molecular weight excluding hydrogens is 288 g/mol. The molecule has 0 aliphatic heterocycles.